The molecule has 1 heterocycles. The lowest BCUT2D eigenvalue weighted by molar-refractivity contribution is -0.159. The van der Waals surface area contributed by atoms with Gasteiger partial charge in [0.25, 0.3) is 0 Å². The van der Waals surface area contributed by atoms with Gasteiger partial charge in [0.05, 0.1) is 12.2 Å². The first-order valence-electron chi connectivity index (χ1n) is 5.56. The van der Waals surface area contributed by atoms with Crippen LogP contribution in [0.3, 0.4) is 0 Å². The molecular weight excluding hydrogens is 263 g/mol. The summed E-state index contributed by atoms with van der Waals surface area (Å²) in [5.74, 6) is -0.692. The largest absolute Gasteiger partial charge is 0.463 e. The minimum absolute atomic E-state index is 0.0777. The van der Waals surface area contributed by atoms with Crippen LogP contribution in [-0.4, -0.2) is 23.2 Å². The monoisotopic (exact) mass is 277 g/mol. The molecule has 0 aliphatic rings. The first-order valence-corrected chi connectivity index (χ1v) is 5.56. The van der Waals surface area contributed by atoms with E-state index in [1.165, 1.54) is 13.8 Å². The van der Waals surface area contributed by atoms with Crippen LogP contribution in [0, 0.1) is 0 Å². The summed E-state index contributed by atoms with van der Waals surface area (Å²) in [5.41, 5.74) is -2.20. The fourth-order valence-corrected chi connectivity index (χ4v) is 1.22. The Hall–Kier alpha value is -1.79. The van der Waals surface area contributed by atoms with E-state index in [0.717, 1.165) is 12.1 Å². The van der Waals surface area contributed by atoms with Gasteiger partial charge < -0.3 is 9.47 Å². The number of carbonyl (C=O) groups excluding carboxylic acids is 1. The molecule has 0 aliphatic heterocycles. The molecule has 0 atom stereocenters. The summed E-state index contributed by atoms with van der Waals surface area (Å²) in [6, 6.07) is 1.90. The van der Waals surface area contributed by atoms with Crippen LogP contribution in [0.1, 0.15) is 26.3 Å². The number of rotatable bonds is 4. The van der Waals surface area contributed by atoms with Crippen molar-refractivity contribution in [2.24, 2.45) is 0 Å². The first-order chi connectivity index (χ1) is 8.66. The molecule has 0 N–H and O–H groups in total. The Kier molecular flexibility index (Phi) is 4.39. The molecule has 1 rings (SSSR count). The minimum Gasteiger partial charge on any atom is -0.463 e. The number of pyridine rings is 1. The quantitative estimate of drug-likeness (QED) is 0.794. The number of esters is 1. The molecule has 0 saturated heterocycles. The predicted octanol–water partition coefficient (Wildman–Crippen LogP) is 2.82. The Labute approximate surface area is 108 Å². The average Bonchev–Trinajstić information content (AvgIpc) is 2.28. The maximum absolute atomic E-state index is 12.3. The zero-order valence-electron chi connectivity index (χ0n) is 10.7. The highest BCUT2D eigenvalue weighted by molar-refractivity contribution is 5.78. The molecule has 7 heteroatoms. The SMILES string of the molecule is CCOC(=O)C(C)(C)Oc1ccc(C(F)(F)F)cn1. The van der Waals surface area contributed by atoms with Gasteiger partial charge >= 0.3 is 12.1 Å². The third kappa shape index (κ3) is 4.11. The number of ether oxygens (including phenoxy) is 2. The zero-order valence-corrected chi connectivity index (χ0v) is 10.7. The molecule has 106 valence electrons. The van der Waals surface area contributed by atoms with Crippen LogP contribution in [-0.2, 0) is 15.7 Å². The lowest BCUT2D eigenvalue weighted by Gasteiger charge is -2.23. The molecule has 4 nitrogen and oxygen atoms in total. The minimum atomic E-state index is -4.46. The van der Waals surface area contributed by atoms with Crippen molar-refractivity contribution in [3.05, 3.63) is 23.9 Å². The van der Waals surface area contributed by atoms with Crippen LogP contribution in [0.2, 0.25) is 0 Å². The molecule has 1 aromatic heterocycles. The number of hydrogen-bond acceptors (Lipinski definition) is 4. The van der Waals surface area contributed by atoms with Crippen molar-refractivity contribution in [3.8, 4) is 5.88 Å². The molecule has 0 amide bonds. The normalized spacial score (nSPS) is 12.1. The van der Waals surface area contributed by atoms with Crippen LogP contribution in [0.25, 0.3) is 0 Å². The second-order valence-corrected chi connectivity index (χ2v) is 4.22. The molecule has 0 aliphatic carbocycles. The molecule has 0 radical (unpaired) electrons. The third-order valence-corrected chi connectivity index (χ3v) is 2.19. The molecule has 19 heavy (non-hydrogen) atoms. The summed E-state index contributed by atoms with van der Waals surface area (Å²) < 4.78 is 47.0. The fourth-order valence-electron chi connectivity index (χ4n) is 1.22. The van der Waals surface area contributed by atoms with Crippen molar-refractivity contribution < 1.29 is 27.4 Å². The van der Waals surface area contributed by atoms with Gasteiger partial charge in [0.15, 0.2) is 0 Å². The van der Waals surface area contributed by atoms with E-state index in [0.29, 0.717) is 6.20 Å². The van der Waals surface area contributed by atoms with E-state index in [-0.39, 0.29) is 12.5 Å². The maximum Gasteiger partial charge on any atom is 0.417 e. The van der Waals surface area contributed by atoms with Gasteiger partial charge in [-0.2, -0.15) is 13.2 Å². The topological polar surface area (TPSA) is 48.4 Å². The Morgan fingerprint density at radius 2 is 1.95 bits per heavy atom. The summed E-state index contributed by atoms with van der Waals surface area (Å²) >= 11 is 0. The van der Waals surface area contributed by atoms with Crippen LogP contribution in [0.15, 0.2) is 18.3 Å². The lowest BCUT2D eigenvalue weighted by Crippen LogP contribution is -2.40. The van der Waals surface area contributed by atoms with Crippen LogP contribution < -0.4 is 4.74 Å². The Morgan fingerprint density at radius 1 is 1.32 bits per heavy atom. The van der Waals surface area contributed by atoms with Gasteiger partial charge in [-0.25, -0.2) is 9.78 Å². The number of hydrogen-bond donors (Lipinski definition) is 0. The molecule has 0 aromatic carbocycles. The number of halogens is 3. The van der Waals surface area contributed by atoms with Gasteiger partial charge in [0.2, 0.25) is 11.5 Å². The molecule has 0 fully saturated rings. The van der Waals surface area contributed by atoms with Gasteiger partial charge in [-0.3, -0.25) is 0 Å². The predicted molar refractivity (Wildman–Crippen MR) is 60.6 cm³/mol. The van der Waals surface area contributed by atoms with Gasteiger partial charge in [-0.1, -0.05) is 0 Å². The summed E-state index contributed by atoms with van der Waals surface area (Å²) in [7, 11) is 0. The van der Waals surface area contributed by atoms with E-state index in [4.69, 9.17) is 9.47 Å². The number of carbonyl (C=O) groups is 1. The molecule has 0 unspecified atom stereocenters. The zero-order chi connectivity index (χ0) is 14.7. The van der Waals surface area contributed by atoms with Crippen molar-refractivity contribution in [1.82, 2.24) is 4.98 Å². The summed E-state index contributed by atoms with van der Waals surface area (Å²) in [6.45, 7) is 4.73. The standard InChI is InChI=1S/C12H14F3NO3/c1-4-18-10(17)11(2,3)19-9-6-5-8(7-16-9)12(13,14)15/h5-7H,4H2,1-3H3. The van der Waals surface area contributed by atoms with Crippen molar-refractivity contribution in [3.63, 3.8) is 0 Å². The lowest BCUT2D eigenvalue weighted by atomic mass is 10.1. The summed E-state index contributed by atoms with van der Waals surface area (Å²) in [5, 5.41) is 0. The molecule has 0 bridgehead atoms. The highest BCUT2D eigenvalue weighted by atomic mass is 19.4. The van der Waals surface area contributed by atoms with E-state index in [1.54, 1.807) is 6.92 Å². The van der Waals surface area contributed by atoms with Crippen LogP contribution in [0.5, 0.6) is 5.88 Å². The smallest absolute Gasteiger partial charge is 0.417 e. The van der Waals surface area contributed by atoms with Gasteiger partial charge in [0, 0.05) is 12.3 Å². The molecule has 0 spiro atoms. The Bertz CT molecular complexity index is 441. The second-order valence-electron chi connectivity index (χ2n) is 4.22. The van der Waals surface area contributed by atoms with Gasteiger partial charge in [-0.15, -0.1) is 0 Å². The Balaban J connectivity index is 2.80. The second kappa shape index (κ2) is 5.46. The van der Waals surface area contributed by atoms with Crippen LogP contribution in [0.4, 0.5) is 13.2 Å². The molecular formula is C12H14F3NO3. The van der Waals surface area contributed by atoms with Crippen LogP contribution >= 0.6 is 0 Å². The number of nitrogens with zero attached hydrogens (tertiary/aromatic N) is 1. The van der Waals surface area contributed by atoms with Gasteiger partial charge in [-0.05, 0) is 26.8 Å². The fraction of sp³-hybridized carbons (Fsp3) is 0.500. The highest BCUT2D eigenvalue weighted by Crippen LogP contribution is 2.29. The maximum atomic E-state index is 12.3. The number of alkyl halides is 3. The van der Waals surface area contributed by atoms with E-state index in [1.807, 2.05) is 0 Å². The van der Waals surface area contributed by atoms with E-state index in [9.17, 15) is 18.0 Å². The van der Waals surface area contributed by atoms with Gasteiger partial charge in [0.1, 0.15) is 0 Å². The third-order valence-electron chi connectivity index (χ3n) is 2.19. The van der Waals surface area contributed by atoms with E-state index in [2.05, 4.69) is 4.98 Å². The molecule has 1 aromatic rings. The average molecular weight is 277 g/mol. The van der Waals surface area contributed by atoms with E-state index >= 15 is 0 Å². The van der Waals surface area contributed by atoms with Crippen molar-refractivity contribution in [1.29, 1.82) is 0 Å². The van der Waals surface area contributed by atoms with Crippen molar-refractivity contribution in [2.75, 3.05) is 6.61 Å². The Morgan fingerprint density at radius 3 is 2.37 bits per heavy atom. The summed E-state index contributed by atoms with van der Waals surface area (Å²) in [4.78, 5) is 15.1. The van der Waals surface area contributed by atoms with Crippen molar-refractivity contribution in [2.45, 2.75) is 32.5 Å². The first kappa shape index (κ1) is 15.3. The number of aromatic nitrogens is 1. The van der Waals surface area contributed by atoms with Crippen molar-refractivity contribution >= 4 is 5.97 Å². The van der Waals surface area contributed by atoms with E-state index < -0.39 is 23.3 Å². The highest BCUT2D eigenvalue weighted by Gasteiger charge is 2.33. The summed E-state index contributed by atoms with van der Waals surface area (Å²) in [6.07, 6.45) is -3.81. The molecule has 0 saturated carbocycles.